The number of benzene rings is 2. The van der Waals surface area contributed by atoms with Crippen molar-refractivity contribution in [1.82, 2.24) is 0 Å². The molecule has 1 aliphatic carbocycles. The summed E-state index contributed by atoms with van der Waals surface area (Å²) in [6.45, 7) is 0. The lowest BCUT2D eigenvalue weighted by Gasteiger charge is -2.23. The van der Waals surface area contributed by atoms with Crippen LogP contribution in [0.3, 0.4) is 0 Å². The summed E-state index contributed by atoms with van der Waals surface area (Å²) in [6, 6.07) is 10.7. The number of carbonyl (C=O) groups excluding carboxylic acids is 1. The normalized spacial score (nSPS) is 13.8. The Balaban J connectivity index is 2.31. The Kier molecular flexibility index (Phi) is 3.75. The second kappa shape index (κ2) is 5.72. The number of ether oxygens (including phenoxy) is 1. The molecule has 2 aromatic carbocycles. The van der Waals surface area contributed by atoms with Gasteiger partial charge in [0.25, 0.3) is 0 Å². The Bertz CT molecular complexity index is 778. The van der Waals surface area contributed by atoms with Crippen LogP contribution in [0.25, 0.3) is 5.57 Å². The van der Waals surface area contributed by atoms with Gasteiger partial charge in [-0.1, -0.05) is 24.3 Å². The number of hydrogen-bond donors (Lipinski definition) is 0. The predicted molar refractivity (Wildman–Crippen MR) is 79.2 cm³/mol. The van der Waals surface area contributed by atoms with Crippen LogP contribution in [0.15, 0.2) is 48.0 Å². The van der Waals surface area contributed by atoms with Gasteiger partial charge in [0, 0.05) is 16.7 Å². The van der Waals surface area contributed by atoms with Crippen LogP contribution in [0.2, 0.25) is 0 Å². The summed E-state index contributed by atoms with van der Waals surface area (Å²) >= 11 is 0. The van der Waals surface area contributed by atoms with Gasteiger partial charge in [0.2, 0.25) is 0 Å². The van der Waals surface area contributed by atoms with Crippen LogP contribution in [0.4, 0.5) is 8.78 Å². The number of methoxy groups -OCH3 is 1. The molecule has 0 atom stereocenters. The van der Waals surface area contributed by atoms with Crippen molar-refractivity contribution in [2.75, 3.05) is 7.11 Å². The van der Waals surface area contributed by atoms with E-state index in [1.165, 1.54) is 7.11 Å². The standard InChI is InChI=1S/C18H14F2O2/c1-22-18(21)14-8-6-11-4-2-3-5-13(11)17(14)15-10-12(19)7-9-16(15)20/h2-5,7,9-10H,6,8H2,1H3. The lowest BCUT2D eigenvalue weighted by atomic mass is 9.82. The quantitative estimate of drug-likeness (QED) is 0.787. The van der Waals surface area contributed by atoms with Crippen LogP contribution >= 0.6 is 0 Å². The zero-order valence-corrected chi connectivity index (χ0v) is 12.0. The van der Waals surface area contributed by atoms with Gasteiger partial charge in [-0.2, -0.15) is 0 Å². The minimum absolute atomic E-state index is 0.0903. The van der Waals surface area contributed by atoms with E-state index in [2.05, 4.69) is 0 Å². The molecule has 3 rings (SSSR count). The van der Waals surface area contributed by atoms with Gasteiger partial charge in [0.15, 0.2) is 0 Å². The molecule has 0 aromatic heterocycles. The number of esters is 1. The van der Waals surface area contributed by atoms with Crippen LogP contribution in [0.5, 0.6) is 0 Å². The minimum Gasteiger partial charge on any atom is -0.466 e. The highest BCUT2D eigenvalue weighted by Gasteiger charge is 2.26. The molecule has 2 nitrogen and oxygen atoms in total. The largest absolute Gasteiger partial charge is 0.466 e. The van der Waals surface area contributed by atoms with Crippen molar-refractivity contribution in [3.8, 4) is 0 Å². The number of aryl methyl sites for hydroxylation is 1. The first kappa shape index (κ1) is 14.4. The van der Waals surface area contributed by atoms with Crippen LogP contribution in [-0.2, 0) is 16.0 Å². The summed E-state index contributed by atoms with van der Waals surface area (Å²) in [5, 5.41) is 0. The maximum atomic E-state index is 14.2. The summed E-state index contributed by atoms with van der Waals surface area (Å²) < 4.78 is 32.6. The van der Waals surface area contributed by atoms with Crippen LogP contribution < -0.4 is 0 Å². The fourth-order valence-corrected chi connectivity index (χ4v) is 2.85. The van der Waals surface area contributed by atoms with Gasteiger partial charge >= 0.3 is 5.97 Å². The van der Waals surface area contributed by atoms with Crippen molar-refractivity contribution in [3.05, 3.63) is 76.4 Å². The molecule has 0 amide bonds. The summed E-state index contributed by atoms with van der Waals surface area (Å²) in [5.74, 6) is -1.61. The topological polar surface area (TPSA) is 26.3 Å². The molecule has 22 heavy (non-hydrogen) atoms. The van der Waals surface area contributed by atoms with E-state index < -0.39 is 17.6 Å². The molecular formula is C18H14F2O2. The van der Waals surface area contributed by atoms with E-state index in [9.17, 15) is 13.6 Å². The van der Waals surface area contributed by atoms with Gasteiger partial charge in [0.1, 0.15) is 11.6 Å². The van der Waals surface area contributed by atoms with Crippen LogP contribution in [0, 0.1) is 11.6 Å². The first-order chi connectivity index (χ1) is 10.6. The fourth-order valence-electron chi connectivity index (χ4n) is 2.85. The molecule has 0 saturated carbocycles. The molecule has 0 N–H and O–H groups in total. The first-order valence-corrected chi connectivity index (χ1v) is 6.97. The molecule has 0 spiro atoms. The van der Waals surface area contributed by atoms with Crippen LogP contribution in [0.1, 0.15) is 23.1 Å². The Morgan fingerprint density at radius 3 is 2.59 bits per heavy atom. The van der Waals surface area contributed by atoms with E-state index in [4.69, 9.17) is 4.74 Å². The summed E-state index contributed by atoms with van der Waals surface area (Å²) in [5.41, 5.74) is 2.65. The number of rotatable bonds is 2. The summed E-state index contributed by atoms with van der Waals surface area (Å²) in [6.07, 6.45) is 1.11. The second-order valence-electron chi connectivity index (χ2n) is 5.13. The smallest absolute Gasteiger partial charge is 0.334 e. The molecule has 2 aromatic rings. The van der Waals surface area contributed by atoms with Crippen LogP contribution in [-0.4, -0.2) is 13.1 Å². The van der Waals surface area contributed by atoms with Gasteiger partial charge < -0.3 is 4.74 Å². The average molecular weight is 300 g/mol. The minimum atomic E-state index is -0.561. The third-order valence-corrected chi connectivity index (χ3v) is 3.86. The Labute approximate surface area is 127 Å². The van der Waals surface area contributed by atoms with E-state index in [1.807, 2.05) is 24.3 Å². The first-order valence-electron chi connectivity index (χ1n) is 6.97. The van der Waals surface area contributed by atoms with Crippen molar-refractivity contribution in [2.45, 2.75) is 12.8 Å². The number of halogens is 2. The molecular weight excluding hydrogens is 286 g/mol. The molecule has 0 saturated heterocycles. The van der Waals surface area contributed by atoms with Gasteiger partial charge in [0.05, 0.1) is 7.11 Å². The molecule has 0 heterocycles. The van der Waals surface area contributed by atoms with Crippen molar-refractivity contribution >= 4 is 11.5 Å². The zero-order chi connectivity index (χ0) is 15.7. The average Bonchev–Trinajstić information content (AvgIpc) is 2.55. The van der Waals surface area contributed by atoms with E-state index >= 15 is 0 Å². The van der Waals surface area contributed by atoms with E-state index in [0.717, 1.165) is 29.3 Å². The highest BCUT2D eigenvalue weighted by Crippen LogP contribution is 2.37. The van der Waals surface area contributed by atoms with Gasteiger partial charge in [-0.05, 0) is 42.2 Å². The highest BCUT2D eigenvalue weighted by atomic mass is 19.1. The molecule has 1 aliphatic rings. The van der Waals surface area contributed by atoms with Crippen molar-refractivity contribution < 1.29 is 18.3 Å². The van der Waals surface area contributed by atoms with E-state index in [1.54, 1.807) is 0 Å². The Morgan fingerprint density at radius 2 is 1.82 bits per heavy atom. The molecule has 4 heteroatoms. The molecule has 0 unspecified atom stereocenters. The number of carbonyl (C=O) groups is 1. The Hall–Kier alpha value is -2.49. The van der Waals surface area contributed by atoms with Gasteiger partial charge in [-0.25, -0.2) is 13.6 Å². The maximum Gasteiger partial charge on any atom is 0.334 e. The summed E-state index contributed by atoms with van der Waals surface area (Å²) in [4.78, 5) is 12.1. The molecule has 0 aliphatic heterocycles. The number of fused-ring (bicyclic) bond motifs is 1. The SMILES string of the molecule is COC(=O)C1=C(c2cc(F)ccc2F)c2ccccc2CC1. The Morgan fingerprint density at radius 1 is 1.05 bits per heavy atom. The summed E-state index contributed by atoms with van der Waals surface area (Å²) in [7, 11) is 1.29. The van der Waals surface area contributed by atoms with E-state index in [0.29, 0.717) is 24.0 Å². The van der Waals surface area contributed by atoms with Crippen molar-refractivity contribution in [2.24, 2.45) is 0 Å². The van der Waals surface area contributed by atoms with Gasteiger partial charge in [-0.15, -0.1) is 0 Å². The number of hydrogen-bond acceptors (Lipinski definition) is 2. The monoisotopic (exact) mass is 300 g/mol. The predicted octanol–water partition coefficient (Wildman–Crippen LogP) is 3.89. The fraction of sp³-hybridized carbons (Fsp3) is 0.167. The lowest BCUT2D eigenvalue weighted by molar-refractivity contribution is -0.136. The molecule has 0 bridgehead atoms. The lowest BCUT2D eigenvalue weighted by Crippen LogP contribution is -2.15. The molecule has 0 radical (unpaired) electrons. The van der Waals surface area contributed by atoms with Gasteiger partial charge in [-0.3, -0.25) is 0 Å². The molecule has 0 fully saturated rings. The molecule has 112 valence electrons. The van der Waals surface area contributed by atoms with E-state index in [-0.39, 0.29) is 5.56 Å². The maximum absolute atomic E-state index is 14.2. The third-order valence-electron chi connectivity index (χ3n) is 3.86. The van der Waals surface area contributed by atoms with Crippen molar-refractivity contribution in [3.63, 3.8) is 0 Å². The third kappa shape index (κ3) is 2.41. The van der Waals surface area contributed by atoms with Crippen molar-refractivity contribution in [1.29, 1.82) is 0 Å². The highest BCUT2D eigenvalue weighted by molar-refractivity contribution is 6.03. The second-order valence-corrected chi connectivity index (χ2v) is 5.13. The zero-order valence-electron chi connectivity index (χ0n) is 12.0.